The molecule has 26 heavy (non-hydrogen) atoms. The topological polar surface area (TPSA) is 88.3 Å². The van der Waals surface area contributed by atoms with Gasteiger partial charge in [0.25, 0.3) is 0 Å². The van der Waals surface area contributed by atoms with Crippen LogP contribution in [0.3, 0.4) is 0 Å². The summed E-state index contributed by atoms with van der Waals surface area (Å²) < 4.78 is 5.48. The predicted molar refractivity (Wildman–Crippen MR) is 97.5 cm³/mol. The summed E-state index contributed by atoms with van der Waals surface area (Å²) in [5.74, 6) is -0.0707. The average molecular weight is 351 g/mol. The van der Waals surface area contributed by atoms with Crippen molar-refractivity contribution in [2.75, 3.05) is 0 Å². The lowest BCUT2D eigenvalue weighted by Gasteiger charge is -2.20. The Morgan fingerprint density at radius 1 is 1.12 bits per heavy atom. The van der Waals surface area contributed by atoms with Gasteiger partial charge in [-0.15, -0.1) is 0 Å². The SMILES string of the molecule is CCCC(NC(c1ccccc1)c1nc(-c2ccccc2)no1)C(=O)O. The van der Waals surface area contributed by atoms with Gasteiger partial charge in [0.05, 0.1) is 0 Å². The lowest BCUT2D eigenvalue weighted by molar-refractivity contribution is -0.139. The summed E-state index contributed by atoms with van der Waals surface area (Å²) in [7, 11) is 0. The van der Waals surface area contributed by atoms with Crippen molar-refractivity contribution in [3.8, 4) is 11.4 Å². The molecule has 0 saturated heterocycles. The van der Waals surface area contributed by atoms with Crippen molar-refractivity contribution >= 4 is 5.97 Å². The van der Waals surface area contributed by atoms with Crippen LogP contribution in [0.1, 0.15) is 37.3 Å². The first-order chi connectivity index (χ1) is 12.7. The van der Waals surface area contributed by atoms with E-state index in [1.165, 1.54) is 0 Å². The molecule has 0 spiro atoms. The highest BCUT2D eigenvalue weighted by molar-refractivity contribution is 5.73. The van der Waals surface area contributed by atoms with Crippen LogP contribution in [0.5, 0.6) is 0 Å². The Kier molecular flexibility index (Phi) is 5.76. The zero-order chi connectivity index (χ0) is 18.4. The van der Waals surface area contributed by atoms with Crippen LogP contribution in [0.4, 0.5) is 0 Å². The van der Waals surface area contributed by atoms with Gasteiger partial charge in [-0.3, -0.25) is 10.1 Å². The Hall–Kier alpha value is -2.99. The van der Waals surface area contributed by atoms with Crippen LogP contribution in [-0.2, 0) is 4.79 Å². The van der Waals surface area contributed by atoms with Crippen molar-refractivity contribution < 1.29 is 14.4 Å². The number of aliphatic carboxylic acids is 1. The molecule has 1 heterocycles. The normalized spacial score (nSPS) is 13.3. The largest absolute Gasteiger partial charge is 0.480 e. The quantitative estimate of drug-likeness (QED) is 0.644. The zero-order valence-corrected chi connectivity index (χ0v) is 14.5. The van der Waals surface area contributed by atoms with E-state index in [2.05, 4.69) is 15.5 Å². The third kappa shape index (κ3) is 4.15. The van der Waals surface area contributed by atoms with Gasteiger partial charge in [0.15, 0.2) is 0 Å². The predicted octanol–water partition coefficient (Wildman–Crippen LogP) is 3.67. The molecule has 0 aliphatic heterocycles. The van der Waals surface area contributed by atoms with Crippen molar-refractivity contribution in [3.05, 3.63) is 72.1 Å². The second kappa shape index (κ2) is 8.40. The highest BCUT2D eigenvalue weighted by atomic mass is 16.5. The van der Waals surface area contributed by atoms with Crippen LogP contribution in [0.15, 0.2) is 65.2 Å². The lowest BCUT2D eigenvalue weighted by Crippen LogP contribution is -2.39. The fourth-order valence-corrected chi connectivity index (χ4v) is 2.78. The Labute approximate surface area is 151 Å². The average Bonchev–Trinajstić information content (AvgIpc) is 3.16. The number of carboxylic acid groups (broad SMARTS) is 1. The molecule has 3 rings (SSSR count). The molecule has 2 unspecified atom stereocenters. The second-order valence-corrected chi connectivity index (χ2v) is 6.01. The van der Waals surface area contributed by atoms with Crippen LogP contribution in [-0.4, -0.2) is 27.3 Å². The van der Waals surface area contributed by atoms with Crippen LogP contribution in [0, 0.1) is 0 Å². The second-order valence-electron chi connectivity index (χ2n) is 6.01. The number of hydrogen-bond acceptors (Lipinski definition) is 5. The third-order valence-corrected chi connectivity index (χ3v) is 4.10. The molecule has 2 aromatic carbocycles. The van der Waals surface area contributed by atoms with Crippen LogP contribution >= 0.6 is 0 Å². The summed E-state index contributed by atoms with van der Waals surface area (Å²) in [6.45, 7) is 1.95. The van der Waals surface area contributed by atoms with Crippen LogP contribution in [0.2, 0.25) is 0 Å². The molecular formula is C20H21N3O3. The lowest BCUT2D eigenvalue weighted by atomic mass is 10.0. The number of carbonyl (C=O) groups is 1. The Morgan fingerprint density at radius 3 is 2.38 bits per heavy atom. The first-order valence-corrected chi connectivity index (χ1v) is 8.62. The first-order valence-electron chi connectivity index (χ1n) is 8.62. The molecule has 0 saturated carbocycles. The summed E-state index contributed by atoms with van der Waals surface area (Å²) in [5, 5.41) is 16.7. The zero-order valence-electron chi connectivity index (χ0n) is 14.5. The summed E-state index contributed by atoms with van der Waals surface area (Å²) in [5.41, 5.74) is 1.72. The van der Waals surface area contributed by atoms with E-state index >= 15 is 0 Å². The molecule has 2 N–H and O–H groups in total. The highest BCUT2D eigenvalue weighted by Crippen LogP contribution is 2.24. The van der Waals surface area contributed by atoms with Gasteiger partial charge >= 0.3 is 5.97 Å². The maximum Gasteiger partial charge on any atom is 0.320 e. The fraction of sp³-hybridized carbons (Fsp3) is 0.250. The summed E-state index contributed by atoms with van der Waals surface area (Å²) >= 11 is 0. The van der Waals surface area contributed by atoms with Crippen molar-refractivity contribution in [1.29, 1.82) is 0 Å². The summed E-state index contributed by atoms with van der Waals surface area (Å²) in [6, 6.07) is 17.9. The Morgan fingerprint density at radius 2 is 1.77 bits per heavy atom. The van der Waals surface area contributed by atoms with Crippen molar-refractivity contribution in [2.45, 2.75) is 31.8 Å². The van der Waals surface area contributed by atoms with Crippen LogP contribution < -0.4 is 5.32 Å². The monoisotopic (exact) mass is 351 g/mol. The number of nitrogens with one attached hydrogen (secondary N) is 1. The summed E-state index contributed by atoms with van der Waals surface area (Å²) in [4.78, 5) is 16.1. The number of rotatable bonds is 8. The molecular weight excluding hydrogens is 330 g/mol. The van der Waals surface area contributed by atoms with E-state index in [-0.39, 0.29) is 0 Å². The minimum absolute atomic E-state index is 0.345. The first kappa shape index (κ1) is 17.8. The van der Waals surface area contributed by atoms with Gasteiger partial charge in [-0.25, -0.2) is 0 Å². The maximum atomic E-state index is 11.6. The van der Waals surface area contributed by atoms with E-state index in [0.29, 0.717) is 18.1 Å². The number of carboxylic acids is 1. The van der Waals surface area contributed by atoms with E-state index < -0.39 is 18.1 Å². The molecule has 0 fully saturated rings. The molecule has 0 aliphatic rings. The molecule has 2 atom stereocenters. The van der Waals surface area contributed by atoms with Gasteiger partial charge in [-0.2, -0.15) is 4.98 Å². The van der Waals surface area contributed by atoms with Gasteiger partial charge in [0.1, 0.15) is 12.1 Å². The highest BCUT2D eigenvalue weighted by Gasteiger charge is 2.27. The molecule has 3 aromatic rings. The van der Waals surface area contributed by atoms with Crippen molar-refractivity contribution in [1.82, 2.24) is 15.5 Å². The minimum atomic E-state index is -0.893. The van der Waals surface area contributed by atoms with E-state index in [4.69, 9.17) is 4.52 Å². The Bertz CT molecular complexity index is 834. The third-order valence-electron chi connectivity index (χ3n) is 4.10. The summed E-state index contributed by atoms with van der Waals surface area (Å²) in [6.07, 6.45) is 1.27. The van der Waals surface area contributed by atoms with Crippen LogP contribution in [0.25, 0.3) is 11.4 Å². The molecule has 6 heteroatoms. The maximum absolute atomic E-state index is 11.6. The number of benzene rings is 2. The van der Waals surface area contributed by atoms with Gasteiger partial charge < -0.3 is 9.63 Å². The number of nitrogens with zero attached hydrogens (tertiary/aromatic N) is 2. The minimum Gasteiger partial charge on any atom is -0.480 e. The molecule has 0 bridgehead atoms. The van der Waals surface area contributed by atoms with E-state index in [1.807, 2.05) is 67.6 Å². The molecule has 0 radical (unpaired) electrons. The van der Waals surface area contributed by atoms with E-state index in [9.17, 15) is 9.90 Å². The Balaban J connectivity index is 1.93. The van der Waals surface area contributed by atoms with Gasteiger partial charge in [0, 0.05) is 5.56 Å². The van der Waals surface area contributed by atoms with Crippen molar-refractivity contribution in [2.24, 2.45) is 0 Å². The molecule has 0 amide bonds. The van der Waals surface area contributed by atoms with Gasteiger partial charge in [-0.05, 0) is 12.0 Å². The number of aromatic nitrogens is 2. The molecule has 0 aliphatic carbocycles. The molecule has 134 valence electrons. The van der Waals surface area contributed by atoms with E-state index in [0.717, 1.165) is 17.5 Å². The van der Waals surface area contributed by atoms with Gasteiger partial charge in [-0.1, -0.05) is 79.2 Å². The fourth-order valence-electron chi connectivity index (χ4n) is 2.78. The standard InChI is InChI=1S/C20H21N3O3/c1-2-9-16(20(24)25)21-17(14-10-5-3-6-11-14)19-22-18(23-26-19)15-12-7-4-8-13-15/h3-8,10-13,16-17,21H,2,9H2,1H3,(H,24,25). The smallest absolute Gasteiger partial charge is 0.320 e. The van der Waals surface area contributed by atoms with E-state index in [1.54, 1.807) is 0 Å². The van der Waals surface area contributed by atoms with Gasteiger partial charge in [0.2, 0.25) is 11.7 Å². The molecule has 6 nitrogen and oxygen atoms in total. The number of hydrogen-bond donors (Lipinski definition) is 2. The van der Waals surface area contributed by atoms with Crippen molar-refractivity contribution in [3.63, 3.8) is 0 Å². The molecule has 1 aromatic heterocycles.